The van der Waals surface area contributed by atoms with Gasteiger partial charge in [0.1, 0.15) is 29.2 Å². The zero-order valence-electron chi connectivity index (χ0n) is 24.0. The minimum Gasteiger partial charge on any atom is -0.457 e. The summed E-state index contributed by atoms with van der Waals surface area (Å²) in [6, 6.07) is 16.6. The molecule has 2 saturated heterocycles. The highest BCUT2D eigenvalue weighted by atomic mass is 32.1. The van der Waals surface area contributed by atoms with E-state index in [1.54, 1.807) is 36.5 Å². The van der Waals surface area contributed by atoms with E-state index in [0.29, 0.717) is 36.1 Å². The average molecular weight is 632 g/mol. The Morgan fingerprint density at radius 2 is 1.71 bits per heavy atom. The topological polar surface area (TPSA) is 145 Å². The van der Waals surface area contributed by atoms with Gasteiger partial charge in [-0.15, -0.1) is 11.3 Å². The number of ether oxygens (including phenoxy) is 3. The van der Waals surface area contributed by atoms with E-state index in [9.17, 15) is 18.8 Å². The number of nitrogens with zero attached hydrogens (tertiary/aromatic N) is 2. The van der Waals surface area contributed by atoms with Crippen LogP contribution >= 0.6 is 11.3 Å². The van der Waals surface area contributed by atoms with E-state index in [0.717, 1.165) is 16.0 Å². The Kier molecular flexibility index (Phi) is 8.74. The SMILES string of the molecule is Nc1ccc(-c2csc(CNC(=O)[C@@H]3CC4(CN3C(=O)CNC(=O)c3ccc(Oc5ccc(F)cc5)cc3)OCCO4)c2)cn1. The second kappa shape index (κ2) is 13.0. The highest BCUT2D eigenvalue weighted by Crippen LogP contribution is 2.35. The fraction of sp³-hybridized carbons (Fsp3) is 0.250. The first kappa shape index (κ1) is 30.2. The third-order valence-electron chi connectivity index (χ3n) is 7.50. The van der Waals surface area contributed by atoms with Gasteiger partial charge < -0.3 is 35.5 Å². The molecule has 0 aliphatic carbocycles. The summed E-state index contributed by atoms with van der Waals surface area (Å²) in [7, 11) is 0. The van der Waals surface area contributed by atoms with E-state index in [1.807, 2.05) is 17.5 Å². The molecule has 2 aromatic heterocycles. The van der Waals surface area contributed by atoms with E-state index in [2.05, 4.69) is 15.6 Å². The quantitative estimate of drug-likeness (QED) is 0.254. The molecule has 0 unspecified atom stereocenters. The van der Waals surface area contributed by atoms with E-state index in [-0.39, 0.29) is 37.8 Å². The van der Waals surface area contributed by atoms with E-state index in [4.69, 9.17) is 19.9 Å². The highest BCUT2D eigenvalue weighted by Gasteiger charge is 2.52. The molecule has 2 aliphatic heterocycles. The number of hydrogen-bond acceptors (Lipinski definition) is 9. The summed E-state index contributed by atoms with van der Waals surface area (Å²) in [4.78, 5) is 46.0. The summed E-state index contributed by atoms with van der Waals surface area (Å²) in [6.45, 7) is 0.758. The largest absolute Gasteiger partial charge is 0.457 e. The number of aromatic nitrogens is 1. The van der Waals surface area contributed by atoms with Crippen molar-refractivity contribution in [3.63, 3.8) is 0 Å². The third kappa shape index (κ3) is 7.11. The van der Waals surface area contributed by atoms with Crippen LogP contribution in [0.5, 0.6) is 11.5 Å². The number of thiophene rings is 1. The predicted molar refractivity (Wildman–Crippen MR) is 164 cm³/mol. The Morgan fingerprint density at radius 1 is 1.00 bits per heavy atom. The Balaban J connectivity index is 1.05. The van der Waals surface area contributed by atoms with Gasteiger partial charge in [0.2, 0.25) is 11.8 Å². The van der Waals surface area contributed by atoms with Crippen molar-refractivity contribution in [1.82, 2.24) is 20.5 Å². The molecule has 0 bridgehead atoms. The van der Waals surface area contributed by atoms with Crippen molar-refractivity contribution in [3.05, 3.63) is 94.6 Å². The molecule has 2 fully saturated rings. The molecule has 4 N–H and O–H groups in total. The van der Waals surface area contributed by atoms with Gasteiger partial charge >= 0.3 is 0 Å². The van der Waals surface area contributed by atoms with Gasteiger partial charge in [-0.1, -0.05) is 0 Å². The van der Waals surface area contributed by atoms with Crippen LogP contribution in [0.1, 0.15) is 21.7 Å². The van der Waals surface area contributed by atoms with Crippen molar-refractivity contribution in [2.24, 2.45) is 0 Å². The molecule has 11 nitrogen and oxygen atoms in total. The molecule has 232 valence electrons. The molecule has 6 rings (SSSR count). The van der Waals surface area contributed by atoms with Crippen molar-refractivity contribution in [3.8, 4) is 22.6 Å². The summed E-state index contributed by atoms with van der Waals surface area (Å²) in [6.07, 6.45) is 1.88. The summed E-state index contributed by atoms with van der Waals surface area (Å²) in [5.74, 6) is -1.32. The second-order valence-electron chi connectivity index (χ2n) is 10.6. The van der Waals surface area contributed by atoms with Gasteiger partial charge in [0.15, 0.2) is 5.79 Å². The fourth-order valence-corrected chi connectivity index (χ4v) is 6.04. The van der Waals surface area contributed by atoms with Gasteiger partial charge in [-0.2, -0.15) is 0 Å². The van der Waals surface area contributed by atoms with Crippen LogP contribution in [0.2, 0.25) is 0 Å². The smallest absolute Gasteiger partial charge is 0.251 e. The summed E-state index contributed by atoms with van der Waals surface area (Å²) in [5.41, 5.74) is 7.88. The molecule has 45 heavy (non-hydrogen) atoms. The number of pyridine rings is 1. The molecule has 0 saturated carbocycles. The van der Waals surface area contributed by atoms with Gasteiger partial charge in [-0.3, -0.25) is 14.4 Å². The number of anilines is 1. The first-order chi connectivity index (χ1) is 21.8. The summed E-state index contributed by atoms with van der Waals surface area (Å²) in [5, 5.41) is 7.54. The van der Waals surface area contributed by atoms with E-state index >= 15 is 0 Å². The number of rotatable bonds is 9. The van der Waals surface area contributed by atoms with Gasteiger partial charge in [-0.25, -0.2) is 9.37 Å². The number of nitrogens with one attached hydrogen (secondary N) is 2. The van der Waals surface area contributed by atoms with Crippen LogP contribution < -0.4 is 21.1 Å². The molecule has 4 heterocycles. The molecule has 2 aromatic carbocycles. The Labute approximate surface area is 262 Å². The maximum atomic E-state index is 13.4. The summed E-state index contributed by atoms with van der Waals surface area (Å²) < 4.78 is 30.4. The lowest BCUT2D eigenvalue weighted by Gasteiger charge is -2.24. The van der Waals surface area contributed by atoms with Crippen LogP contribution in [-0.4, -0.2) is 65.7 Å². The van der Waals surface area contributed by atoms with Crippen molar-refractivity contribution in [2.75, 3.05) is 32.0 Å². The second-order valence-corrected chi connectivity index (χ2v) is 11.6. The fourth-order valence-electron chi connectivity index (χ4n) is 5.21. The Bertz CT molecular complexity index is 1670. The molecule has 2 aliphatic rings. The van der Waals surface area contributed by atoms with Crippen LogP contribution in [0, 0.1) is 5.82 Å². The van der Waals surface area contributed by atoms with E-state index < -0.39 is 23.6 Å². The molecular weight excluding hydrogens is 601 g/mol. The molecule has 1 spiro atoms. The summed E-state index contributed by atoms with van der Waals surface area (Å²) >= 11 is 1.50. The van der Waals surface area contributed by atoms with Crippen molar-refractivity contribution < 1.29 is 33.0 Å². The minimum atomic E-state index is -1.06. The normalized spacial score (nSPS) is 16.9. The van der Waals surface area contributed by atoms with Crippen LogP contribution in [-0.2, 0) is 25.6 Å². The standard InChI is InChI=1S/C32H30FN5O6S/c33-23-4-8-25(9-5-23)44-24-6-1-20(2-7-24)30(40)37-17-29(39)38-19-32(42-11-12-43-32)14-27(38)31(41)36-16-26-13-22(18-45-26)21-3-10-28(34)35-15-21/h1-10,13,15,18,27H,11-12,14,16-17,19H2,(H2,34,35)(H,36,41)(H,37,40)/t27-/m0/s1. The first-order valence-corrected chi connectivity index (χ1v) is 15.1. The van der Waals surface area contributed by atoms with Gasteiger partial charge in [0, 0.05) is 28.6 Å². The van der Waals surface area contributed by atoms with Crippen LogP contribution in [0.25, 0.3) is 11.1 Å². The molecular formula is C32H30FN5O6S. The minimum absolute atomic E-state index is 0.0719. The molecule has 1 atom stereocenters. The zero-order chi connectivity index (χ0) is 31.4. The Hall–Kier alpha value is -4.85. The van der Waals surface area contributed by atoms with Crippen LogP contribution in [0.3, 0.4) is 0 Å². The number of carbonyl (C=O) groups excluding carboxylic acids is 3. The molecule has 4 aromatic rings. The Morgan fingerprint density at radius 3 is 2.40 bits per heavy atom. The van der Waals surface area contributed by atoms with E-state index in [1.165, 1.54) is 40.5 Å². The van der Waals surface area contributed by atoms with Gasteiger partial charge in [0.05, 0.1) is 32.8 Å². The number of nitrogens with two attached hydrogens (primary N) is 1. The number of amides is 3. The maximum absolute atomic E-state index is 13.4. The lowest BCUT2D eigenvalue weighted by atomic mass is 10.1. The average Bonchev–Trinajstić information content (AvgIpc) is 3.81. The van der Waals surface area contributed by atoms with Crippen LogP contribution in [0.15, 0.2) is 78.3 Å². The first-order valence-electron chi connectivity index (χ1n) is 14.2. The van der Waals surface area contributed by atoms with Crippen molar-refractivity contribution >= 4 is 34.9 Å². The molecule has 0 radical (unpaired) electrons. The highest BCUT2D eigenvalue weighted by molar-refractivity contribution is 7.10. The zero-order valence-corrected chi connectivity index (χ0v) is 24.8. The lowest BCUT2D eigenvalue weighted by Crippen LogP contribution is -2.49. The number of carbonyl (C=O) groups is 3. The van der Waals surface area contributed by atoms with Gasteiger partial charge in [0.25, 0.3) is 5.91 Å². The molecule has 3 amide bonds. The number of hydrogen-bond donors (Lipinski definition) is 3. The van der Waals surface area contributed by atoms with Crippen LogP contribution in [0.4, 0.5) is 10.2 Å². The molecule has 13 heteroatoms. The lowest BCUT2D eigenvalue weighted by molar-refractivity contribution is -0.152. The number of halogens is 1. The van der Waals surface area contributed by atoms with Crippen molar-refractivity contribution in [2.45, 2.75) is 24.8 Å². The van der Waals surface area contributed by atoms with Gasteiger partial charge in [-0.05, 0) is 77.7 Å². The number of likely N-dealkylation sites (tertiary alicyclic amines) is 1. The number of benzene rings is 2. The third-order valence-corrected chi connectivity index (χ3v) is 8.44. The maximum Gasteiger partial charge on any atom is 0.251 e. The van der Waals surface area contributed by atoms with Crippen molar-refractivity contribution in [1.29, 1.82) is 0 Å². The monoisotopic (exact) mass is 631 g/mol. The number of nitrogen functional groups attached to an aromatic ring is 1. The predicted octanol–water partition coefficient (Wildman–Crippen LogP) is 3.71.